The highest BCUT2D eigenvalue weighted by molar-refractivity contribution is 8.01. The van der Waals surface area contributed by atoms with Gasteiger partial charge in [-0.3, -0.25) is 14.9 Å². The van der Waals surface area contributed by atoms with E-state index in [9.17, 15) is 9.59 Å². The molecule has 3 rings (SSSR count). The highest BCUT2D eigenvalue weighted by atomic mass is 32.2. The van der Waals surface area contributed by atoms with Crippen molar-refractivity contribution >= 4 is 40.1 Å². The van der Waals surface area contributed by atoms with E-state index in [2.05, 4.69) is 26.3 Å². The number of nitrogens with zero attached hydrogens (tertiary/aromatic N) is 2. The fourth-order valence-electron chi connectivity index (χ4n) is 2.81. The molecule has 1 aliphatic rings. The van der Waals surface area contributed by atoms with Crippen molar-refractivity contribution in [1.29, 1.82) is 0 Å². The molecule has 1 aromatic heterocycles. The first-order valence-electron chi connectivity index (χ1n) is 8.68. The molecule has 0 radical (unpaired) electrons. The Morgan fingerprint density at radius 3 is 2.93 bits per heavy atom. The number of amides is 1. The van der Waals surface area contributed by atoms with E-state index in [1.807, 2.05) is 12.1 Å². The number of carbonyl (C=O) groups is 2. The number of benzene rings is 1. The summed E-state index contributed by atoms with van der Waals surface area (Å²) < 4.78 is 11.1. The number of ether oxygens (including phenoxy) is 2. The predicted molar refractivity (Wildman–Crippen MR) is 104 cm³/mol. The minimum absolute atomic E-state index is 0.151. The lowest BCUT2D eigenvalue weighted by Crippen LogP contribution is -2.30. The Kier molecular flexibility index (Phi) is 6.68. The van der Waals surface area contributed by atoms with Gasteiger partial charge in [0.05, 0.1) is 12.9 Å². The van der Waals surface area contributed by atoms with Crippen LogP contribution in [0.4, 0.5) is 5.13 Å². The summed E-state index contributed by atoms with van der Waals surface area (Å²) >= 11 is 2.42. The van der Waals surface area contributed by atoms with Gasteiger partial charge in [-0.15, -0.1) is 10.2 Å². The second-order valence-corrected chi connectivity index (χ2v) is 8.29. The first kappa shape index (κ1) is 19.6. The maximum atomic E-state index is 12.4. The smallest absolute Gasteiger partial charge is 0.316 e. The predicted octanol–water partition coefficient (Wildman–Crippen LogP) is 3.09. The number of aryl methyl sites for hydroxylation is 1. The van der Waals surface area contributed by atoms with Gasteiger partial charge in [0.1, 0.15) is 5.75 Å². The average Bonchev–Trinajstić information content (AvgIpc) is 3.13. The summed E-state index contributed by atoms with van der Waals surface area (Å²) in [6, 6.07) is 6.01. The first-order valence-corrected chi connectivity index (χ1v) is 10.5. The number of esters is 1. The lowest BCUT2D eigenvalue weighted by atomic mass is 9.91. The normalized spacial score (nSPS) is 14.1. The Balaban J connectivity index is 1.57. The molecule has 0 aliphatic heterocycles. The number of aromatic nitrogens is 2. The molecule has 27 heavy (non-hydrogen) atoms. The number of nitrogens with one attached hydrogen (secondary N) is 1. The van der Waals surface area contributed by atoms with Gasteiger partial charge in [0.25, 0.3) is 5.91 Å². The molecule has 144 valence electrons. The standard InChI is InChI=1S/C18H21N3O4S2/c1-11(25-14-9-5-7-12-6-3-4-8-13(12)14)16(23)19-17-20-21-18(27-17)26-10-15(22)24-2/h5,7,9,11H,3-4,6,8,10H2,1-2H3,(H,19,20,23). The van der Waals surface area contributed by atoms with Gasteiger partial charge >= 0.3 is 5.97 Å². The lowest BCUT2D eigenvalue weighted by molar-refractivity contribution is -0.137. The summed E-state index contributed by atoms with van der Waals surface area (Å²) in [7, 11) is 1.33. The van der Waals surface area contributed by atoms with Crippen molar-refractivity contribution in [1.82, 2.24) is 10.2 Å². The van der Waals surface area contributed by atoms with Gasteiger partial charge in [-0.2, -0.15) is 0 Å². The van der Waals surface area contributed by atoms with E-state index in [-0.39, 0.29) is 17.6 Å². The van der Waals surface area contributed by atoms with Gasteiger partial charge in [0.15, 0.2) is 10.4 Å². The van der Waals surface area contributed by atoms with Crippen LogP contribution in [-0.2, 0) is 27.2 Å². The molecule has 0 spiro atoms. The molecule has 1 atom stereocenters. The molecule has 1 aliphatic carbocycles. The van der Waals surface area contributed by atoms with Crippen LogP contribution in [0.2, 0.25) is 0 Å². The van der Waals surface area contributed by atoms with Crippen molar-refractivity contribution in [3.63, 3.8) is 0 Å². The second kappa shape index (κ2) is 9.18. The molecule has 1 aromatic carbocycles. The van der Waals surface area contributed by atoms with E-state index in [4.69, 9.17) is 4.74 Å². The molecule has 9 heteroatoms. The number of hydrogen-bond donors (Lipinski definition) is 1. The Bertz CT molecular complexity index is 825. The fraction of sp³-hybridized carbons (Fsp3) is 0.444. The summed E-state index contributed by atoms with van der Waals surface area (Å²) in [5, 5.41) is 11.0. The summed E-state index contributed by atoms with van der Waals surface area (Å²) in [4.78, 5) is 23.6. The summed E-state index contributed by atoms with van der Waals surface area (Å²) in [5.74, 6) is 0.303. The fourth-order valence-corrected chi connectivity index (χ4v) is 4.39. The number of hydrogen-bond acceptors (Lipinski definition) is 8. The van der Waals surface area contributed by atoms with Crippen molar-refractivity contribution in [2.24, 2.45) is 0 Å². The zero-order chi connectivity index (χ0) is 19.2. The third-order valence-electron chi connectivity index (χ3n) is 4.20. The third-order valence-corrected chi connectivity index (χ3v) is 6.15. The maximum Gasteiger partial charge on any atom is 0.316 e. The van der Waals surface area contributed by atoms with Gasteiger partial charge in [0.2, 0.25) is 5.13 Å². The minimum Gasteiger partial charge on any atom is -0.481 e. The summed E-state index contributed by atoms with van der Waals surface area (Å²) in [6.45, 7) is 1.71. The Morgan fingerprint density at radius 2 is 2.11 bits per heavy atom. The van der Waals surface area contributed by atoms with E-state index in [0.717, 1.165) is 25.0 Å². The van der Waals surface area contributed by atoms with Crippen LogP contribution >= 0.6 is 23.1 Å². The molecule has 1 unspecified atom stereocenters. The lowest BCUT2D eigenvalue weighted by Gasteiger charge is -2.21. The van der Waals surface area contributed by atoms with Crippen LogP contribution in [0.3, 0.4) is 0 Å². The van der Waals surface area contributed by atoms with Crippen molar-refractivity contribution in [2.45, 2.75) is 43.1 Å². The van der Waals surface area contributed by atoms with E-state index >= 15 is 0 Å². The number of carbonyl (C=O) groups excluding carboxylic acids is 2. The van der Waals surface area contributed by atoms with Gasteiger partial charge in [-0.1, -0.05) is 35.2 Å². The van der Waals surface area contributed by atoms with Crippen molar-refractivity contribution in [3.05, 3.63) is 29.3 Å². The zero-order valence-electron chi connectivity index (χ0n) is 15.2. The van der Waals surface area contributed by atoms with Gasteiger partial charge in [-0.25, -0.2) is 0 Å². The molecule has 0 bridgehead atoms. The second-order valence-electron chi connectivity index (χ2n) is 6.09. The van der Waals surface area contributed by atoms with Crippen molar-refractivity contribution in [3.8, 4) is 5.75 Å². The quantitative estimate of drug-likeness (QED) is 0.428. The molecule has 0 saturated heterocycles. The van der Waals surface area contributed by atoms with E-state index < -0.39 is 6.10 Å². The minimum atomic E-state index is -0.659. The van der Waals surface area contributed by atoms with Gasteiger partial charge < -0.3 is 9.47 Å². The highest BCUT2D eigenvalue weighted by Crippen LogP contribution is 2.30. The monoisotopic (exact) mass is 407 g/mol. The van der Waals surface area contributed by atoms with Crippen LogP contribution < -0.4 is 10.1 Å². The zero-order valence-corrected chi connectivity index (χ0v) is 16.8. The molecular formula is C18H21N3O4S2. The molecule has 1 heterocycles. The summed E-state index contributed by atoms with van der Waals surface area (Å²) in [5.41, 5.74) is 2.52. The highest BCUT2D eigenvalue weighted by Gasteiger charge is 2.20. The first-order chi connectivity index (χ1) is 13.1. The van der Waals surface area contributed by atoms with E-state index in [1.165, 1.54) is 47.8 Å². The number of thioether (sulfide) groups is 1. The molecule has 0 fully saturated rings. The number of rotatable bonds is 7. The molecule has 7 nitrogen and oxygen atoms in total. The van der Waals surface area contributed by atoms with Crippen LogP contribution in [0.25, 0.3) is 0 Å². The van der Waals surface area contributed by atoms with Gasteiger partial charge in [-0.05, 0) is 49.8 Å². The van der Waals surface area contributed by atoms with Crippen LogP contribution in [0.15, 0.2) is 22.5 Å². The Morgan fingerprint density at radius 1 is 1.30 bits per heavy atom. The van der Waals surface area contributed by atoms with E-state index in [0.29, 0.717) is 9.47 Å². The van der Waals surface area contributed by atoms with Crippen LogP contribution in [0.1, 0.15) is 30.9 Å². The molecule has 0 saturated carbocycles. The largest absolute Gasteiger partial charge is 0.481 e. The Labute approximate surface area is 165 Å². The van der Waals surface area contributed by atoms with Gasteiger partial charge in [0, 0.05) is 0 Å². The van der Waals surface area contributed by atoms with Crippen LogP contribution in [-0.4, -0.2) is 41.0 Å². The van der Waals surface area contributed by atoms with Crippen LogP contribution in [0, 0.1) is 0 Å². The van der Waals surface area contributed by atoms with Crippen molar-refractivity contribution in [2.75, 3.05) is 18.2 Å². The van der Waals surface area contributed by atoms with Crippen LogP contribution in [0.5, 0.6) is 5.75 Å². The Hall–Kier alpha value is -2.13. The maximum absolute atomic E-state index is 12.4. The number of fused-ring (bicyclic) bond motifs is 1. The number of anilines is 1. The van der Waals surface area contributed by atoms with E-state index in [1.54, 1.807) is 6.92 Å². The van der Waals surface area contributed by atoms with Crippen molar-refractivity contribution < 1.29 is 19.1 Å². The molecule has 1 amide bonds. The molecule has 2 aromatic rings. The SMILES string of the molecule is COC(=O)CSc1nnc(NC(=O)C(C)Oc2cccc3c2CCCC3)s1. The third kappa shape index (κ3) is 5.20. The summed E-state index contributed by atoms with van der Waals surface area (Å²) in [6.07, 6.45) is 3.72. The topological polar surface area (TPSA) is 90.4 Å². The molecule has 1 N–H and O–H groups in total. The number of methoxy groups -OCH3 is 1. The molecular weight excluding hydrogens is 386 g/mol. The average molecular weight is 408 g/mol.